The minimum absolute atomic E-state index is 0.509. The number of H-pyrrole nitrogens is 1. The van der Waals surface area contributed by atoms with Crippen molar-refractivity contribution in [2.75, 3.05) is 5.48 Å². The number of aromatic nitrogens is 3. The van der Waals surface area contributed by atoms with Crippen molar-refractivity contribution in [1.82, 2.24) is 14.8 Å². The van der Waals surface area contributed by atoms with Crippen LogP contribution in [0.25, 0.3) is 0 Å². The van der Waals surface area contributed by atoms with Crippen LogP contribution in [0, 0.1) is 4.77 Å². The third kappa shape index (κ3) is 1.58. The third-order valence-corrected chi connectivity index (χ3v) is 1.48. The molecule has 0 aromatic carbocycles. The van der Waals surface area contributed by atoms with Crippen LogP contribution in [0.5, 0.6) is 0 Å². The van der Waals surface area contributed by atoms with Crippen LogP contribution in [0.1, 0.15) is 0 Å². The van der Waals surface area contributed by atoms with Crippen LogP contribution in [0.2, 0.25) is 0 Å². The Kier molecular flexibility index (Phi) is 2.27. The van der Waals surface area contributed by atoms with E-state index in [4.69, 9.17) is 12.2 Å². The zero-order valence-electron chi connectivity index (χ0n) is 6.00. The summed E-state index contributed by atoms with van der Waals surface area (Å²) in [5.41, 5.74) is 2.52. The Morgan fingerprint density at radius 3 is 3.09 bits per heavy atom. The highest BCUT2D eigenvalue weighted by Crippen LogP contribution is 1.99. The van der Waals surface area contributed by atoms with Gasteiger partial charge >= 0.3 is 0 Å². The van der Waals surface area contributed by atoms with E-state index >= 15 is 0 Å². The van der Waals surface area contributed by atoms with Crippen molar-refractivity contribution in [2.45, 2.75) is 0 Å². The molecule has 1 aromatic rings. The predicted molar refractivity (Wildman–Crippen MR) is 43.3 cm³/mol. The highest BCUT2D eigenvalue weighted by molar-refractivity contribution is 7.71. The van der Waals surface area contributed by atoms with Gasteiger partial charge in [0.25, 0.3) is 5.95 Å². The summed E-state index contributed by atoms with van der Waals surface area (Å²) in [6.07, 6.45) is 1.26. The Balaban J connectivity index is 2.78. The fourth-order valence-corrected chi connectivity index (χ4v) is 0.665. The van der Waals surface area contributed by atoms with Crippen LogP contribution in [-0.4, -0.2) is 14.8 Å². The first-order valence-electron chi connectivity index (χ1n) is 2.89. The Morgan fingerprint density at radius 2 is 2.64 bits per heavy atom. The van der Waals surface area contributed by atoms with Crippen LogP contribution in [-0.2, 0) is 11.9 Å². The van der Waals surface area contributed by atoms with Crippen LogP contribution in [0.15, 0.2) is 12.8 Å². The molecular weight excluding hydrogens is 164 g/mol. The second kappa shape index (κ2) is 3.20. The molecule has 6 heteroatoms. The maximum absolute atomic E-state index is 4.85. The molecule has 11 heavy (non-hydrogen) atoms. The van der Waals surface area contributed by atoms with Gasteiger partial charge in [-0.1, -0.05) is 6.58 Å². The van der Waals surface area contributed by atoms with E-state index in [1.54, 1.807) is 11.6 Å². The van der Waals surface area contributed by atoms with E-state index in [-0.39, 0.29) is 0 Å². The molecule has 0 aliphatic heterocycles. The molecule has 0 unspecified atom stereocenters. The Bertz CT molecular complexity index is 302. The van der Waals surface area contributed by atoms with E-state index in [9.17, 15) is 0 Å². The van der Waals surface area contributed by atoms with Crippen LogP contribution < -0.4 is 5.48 Å². The first-order valence-corrected chi connectivity index (χ1v) is 3.30. The van der Waals surface area contributed by atoms with Crippen molar-refractivity contribution in [3.8, 4) is 0 Å². The van der Waals surface area contributed by atoms with Gasteiger partial charge in [-0.3, -0.25) is 4.57 Å². The number of nitrogens with zero attached hydrogens (tertiary/aromatic N) is 2. The summed E-state index contributed by atoms with van der Waals surface area (Å²) in [7, 11) is 1.76. The lowest BCUT2D eigenvalue weighted by atomic mass is 11.0. The molecule has 0 aliphatic rings. The fraction of sp³-hybridized carbons (Fsp3) is 0.200. The van der Waals surface area contributed by atoms with E-state index in [1.165, 1.54) is 6.26 Å². The SMILES string of the molecule is C=CONc1n[nH]c(=S)n1C. The normalized spacial score (nSPS) is 9.18. The van der Waals surface area contributed by atoms with Gasteiger partial charge in [0, 0.05) is 7.05 Å². The van der Waals surface area contributed by atoms with Gasteiger partial charge in [0.2, 0.25) is 0 Å². The van der Waals surface area contributed by atoms with Crippen molar-refractivity contribution in [3.63, 3.8) is 0 Å². The summed E-state index contributed by atoms with van der Waals surface area (Å²) in [4.78, 5) is 4.68. The zero-order valence-corrected chi connectivity index (χ0v) is 6.81. The summed E-state index contributed by atoms with van der Waals surface area (Å²) in [6, 6.07) is 0. The Morgan fingerprint density at radius 1 is 1.91 bits per heavy atom. The number of hydrogen-bond acceptors (Lipinski definition) is 4. The Labute approximate surface area is 68.6 Å². The van der Waals surface area contributed by atoms with E-state index < -0.39 is 0 Å². The largest absolute Gasteiger partial charge is 0.388 e. The monoisotopic (exact) mass is 172 g/mol. The lowest BCUT2D eigenvalue weighted by molar-refractivity contribution is 0.324. The van der Waals surface area contributed by atoms with E-state index in [0.717, 1.165) is 0 Å². The summed E-state index contributed by atoms with van der Waals surface area (Å²) >= 11 is 4.85. The first-order chi connectivity index (χ1) is 5.25. The fourth-order valence-electron chi connectivity index (χ4n) is 0.533. The molecule has 1 heterocycles. The van der Waals surface area contributed by atoms with Gasteiger partial charge in [0.05, 0.1) is 0 Å². The van der Waals surface area contributed by atoms with Gasteiger partial charge < -0.3 is 4.84 Å². The molecule has 0 atom stereocenters. The van der Waals surface area contributed by atoms with E-state index in [2.05, 4.69) is 27.1 Å². The number of nitrogens with one attached hydrogen (secondary N) is 2. The zero-order chi connectivity index (χ0) is 8.27. The Hall–Kier alpha value is -1.30. The van der Waals surface area contributed by atoms with Gasteiger partial charge in [0.1, 0.15) is 6.26 Å². The molecule has 0 fully saturated rings. The maximum Gasteiger partial charge on any atom is 0.256 e. The molecule has 5 nitrogen and oxygen atoms in total. The molecule has 0 spiro atoms. The minimum Gasteiger partial charge on any atom is -0.388 e. The van der Waals surface area contributed by atoms with Gasteiger partial charge in [-0.25, -0.2) is 5.10 Å². The van der Waals surface area contributed by atoms with Crippen molar-refractivity contribution in [2.24, 2.45) is 7.05 Å². The average molecular weight is 172 g/mol. The summed E-state index contributed by atoms with van der Waals surface area (Å²) < 4.78 is 2.17. The van der Waals surface area contributed by atoms with E-state index in [0.29, 0.717) is 10.7 Å². The number of rotatable bonds is 3. The van der Waals surface area contributed by atoms with Crippen LogP contribution >= 0.6 is 12.2 Å². The maximum atomic E-state index is 4.85. The van der Waals surface area contributed by atoms with Gasteiger partial charge in [-0.2, -0.15) is 5.48 Å². The van der Waals surface area contributed by atoms with Crippen molar-refractivity contribution in [1.29, 1.82) is 0 Å². The molecule has 60 valence electrons. The van der Waals surface area contributed by atoms with Crippen molar-refractivity contribution in [3.05, 3.63) is 17.6 Å². The number of anilines is 1. The van der Waals surface area contributed by atoms with Crippen LogP contribution in [0.4, 0.5) is 5.95 Å². The third-order valence-electron chi connectivity index (χ3n) is 1.11. The van der Waals surface area contributed by atoms with Gasteiger partial charge in [-0.15, -0.1) is 5.10 Å². The predicted octanol–water partition coefficient (Wildman–Crippen LogP) is 0.965. The molecule has 0 saturated heterocycles. The molecule has 1 rings (SSSR count). The van der Waals surface area contributed by atoms with Crippen molar-refractivity contribution < 1.29 is 4.84 Å². The average Bonchev–Trinajstić information content (AvgIpc) is 2.31. The second-order valence-electron chi connectivity index (χ2n) is 1.80. The molecule has 0 aliphatic carbocycles. The van der Waals surface area contributed by atoms with E-state index in [1.807, 2.05) is 0 Å². The van der Waals surface area contributed by atoms with Crippen molar-refractivity contribution >= 4 is 18.2 Å². The molecule has 0 amide bonds. The lowest BCUT2D eigenvalue weighted by Gasteiger charge is -2.00. The molecular formula is C5H8N4OS. The molecule has 0 bridgehead atoms. The minimum atomic E-state index is 0.509. The topological polar surface area (TPSA) is 54.9 Å². The highest BCUT2D eigenvalue weighted by atomic mass is 32.1. The summed E-state index contributed by atoms with van der Waals surface area (Å²) in [5.74, 6) is 0.509. The summed E-state index contributed by atoms with van der Waals surface area (Å²) in [6.45, 7) is 3.35. The number of hydrogen-bond donors (Lipinski definition) is 2. The first kappa shape index (κ1) is 7.80. The quantitative estimate of drug-likeness (QED) is 0.405. The second-order valence-corrected chi connectivity index (χ2v) is 2.18. The molecule has 2 N–H and O–H groups in total. The van der Waals surface area contributed by atoms with Gasteiger partial charge in [0.15, 0.2) is 4.77 Å². The summed E-state index contributed by atoms with van der Waals surface area (Å²) in [5, 5.41) is 6.40. The van der Waals surface area contributed by atoms with Gasteiger partial charge in [-0.05, 0) is 12.2 Å². The molecule has 1 aromatic heterocycles. The number of aromatic amines is 1. The lowest BCUT2D eigenvalue weighted by Crippen LogP contribution is -2.01. The highest BCUT2D eigenvalue weighted by Gasteiger charge is 1.98. The molecule has 0 saturated carbocycles. The van der Waals surface area contributed by atoms with Crippen LogP contribution in [0.3, 0.4) is 0 Å². The smallest absolute Gasteiger partial charge is 0.256 e. The molecule has 0 radical (unpaired) electrons. The standard InChI is InChI=1S/C5H8N4OS/c1-3-10-8-4-6-7-5(11)9(4)2/h3H,1H2,2H3,(H,6,8)(H,7,11).